The minimum Gasteiger partial charge on any atom is -0.394 e. The Hall–Kier alpha value is -0.860. The van der Waals surface area contributed by atoms with Gasteiger partial charge in [-0.1, -0.05) is 51.1 Å². The molecule has 3 rings (SSSR count). The molecule has 0 radical (unpaired) electrons. The van der Waals surface area contributed by atoms with Crippen molar-refractivity contribution in [1.82, 2.24) is 5.32 Å². The summed E-state index contributed by atoms with van der Waals surface area (Å²) in [4.78, 5) is 0. The smallest absolute Gasteiger partial charge is 0.0626 e. The van der Waals surface area contributed by atoms with Crippen LogP contribution in [0.4, 0.5) is 0 Å². The highest BCUT2D eigenvalue weighted by Gasteiger charge is 2.61. The lowest BCUT2D eigenvalue weighted by Gasteiger charge is -2.41. The van der Waals surface area contributed by atoms with Crippen molar-refractivity contribution >= 4 is 0 Å². The first-order chi connectivity index (χ1) is 9.49. The monoisotopic (exact) mass is 273 g/mol. The van der Waals surface area contributed by atoms with Gasteiger partial charge >= 0.3 is 0 Å². The maximum atomic E-state index is 9.76. The van der Waals surface area contributed by atoms with Gasteiger partial charge < -0.3 is 10.4 Å². The van der Waals surface area contributed by atoms with E-state index in [1.807, 2.05) is 18.2 Å². The molecule has 0 heterocycles. The van der Waals surface area contributed by atoms with Gasteiger partial charge in [0, 0.05) is 6.04 Å². The van der Waals surface area contributed by atoms with Crippen molar-refractivity contribution in [3.8, 4) is 0 Å². The van der Waals surface area contributed by atoms with Crippen molar-refractivity contribution < 1.29 is 5.11 Å². The first-order valence-electron chi connectivity index (χ1n) is 7.91. The van der Waals surface area contributed by atoms with Gasteiger partial charge in [-0.25, -0.2) is 0 Å². The molecule has 4 atom stereocenters. The van der Waals surface area contributed by atoms with E-state index in [1.54, 1.807) is 0 Å². The van der Waals surface area contributed by atoms with Gasteiger partial charge in [0.2, 0.25) is 0 Å². The van der Waals surface area contributed by atoms with E-state index in [-0.39, 0.29) is 12.6 Å². The van der Waals surface area contributed by atoms with Gasteiger partial charge in [-0.2, -0.15) is 0 Å². The summed E-state index contributed by atoms with van der Waals surface area (Å²) in [7, 11) is 0. The van der Waals surface area contributed by atoms with Gasteiger partial charge in [0.15, 0.2) is 0 Å². The fraction of sp³-hybridized carbons (Fsp3) is 0.667. The first kappa shape index (κ1) is 14.1. The van der Waals surface area contributed by atoms with Crippen molar-refractivity contribution in [3.05, 3.63) is 35.9 Å². The Bertz CT molecular complexity index is 470. The number of hydrogen-bond acceptors (Lipinski definition) is 2. The highest BCUT2D eigenvalue weighted by Crippen LogP contribution is 2.65. The number of fused-ring (bicyclic) bond motifs is 2. The topological polar surface area (TPSA) is 32.3 Å². The summed E-state index contributed by atoms with van der Waals surface area (Å²) < 4.78 is 0. The number of benzene rings is 1. The quantitative estimate of drug-likeness (QED) is 0.879. The molecule has 20 heavy (non-hydrogen) atoms. The van der Waals surface area contributed by atoms with Gasteiger partial charge in [0.1, 0.15) is 0 Å². The lowest BCUT2D eigenvalue weighted by molar-refractivity contribution is 0.107. The Balaban J connectivity index is 1.79. The second-order valence-electron chi connectivity index (χ2n) is 7.48. The molecule has 2 bridgehead atoms. The van der Waals surface area contributed by atoms with Crippen LogP contribution in [0.3, 0.4) is 0 Å². The van der Waals surface area contributed by atoms with E-state index in [0.717, 1.165) is 5.92 Å². The molecule has 2 nitrogen and oxygen atoms in total. The van der Waals surface area contributed by atoms with E-state index in [4.69, 9.17) is 0 Å². The van der Waals surface area contributed by atoms with Crippen molar-refractivity contribution in [2.24, 2.45) is 16.7 Å². The predicted molar refractivity (Wildman–Crippen MR) is 82.4 cm³/mol. The molecule has 0 amide bonds. The molecular weight excluding hydrogens is 246 g/mol. The van der Waals surface area contributed by atoms with E-state index in [1.165, 1.54) is 24.8 Å². The average Bonchev–Trinajstić information content (AvgIpc) is 2.78. The van der Waals surface area contributed by atoms with Crippen molar-refractivity contribution in [2.45, 2.75) is 52.1 Å². The van der Waals surface area contributed by atoms with E-state index in [9.17, 15) is 5.11 Å². The minimum absolute atomic E-state index is 0.0631. The molecule has 0 aromatic heterocycles. The molecule has 0 unspecified atom stereocenters. The summed E-state index contributed by atoms with van der Waals surface area (Å²) in [5.41, 5.74) is 1.97. The van der Waals surface area contributed by atoms with Gasteiger partial charge in [-0.05, 0) is 41.6 Å². The molecule has 0 aliphatic heterocycles. The summed E-state index contributed by atoms with van der Waals surface area (Å²) >= 11 is 0. The van der Waals surface area contributed by atoms with Crippen LogP contribution < -0.4 is 5.32 Å². The third kappa shape index (κ3) is 1.93. The second-order valence-corrected chi connectivity index (χ2v) is 7.48. The molecule has 2 aliphatic carbocycles. The highest BCUT2D eigenvalue weighted by molar-refractivity contribution is 5.21. The van der Waals surface area contributed by atoms with Gasteiger partial charge in [0.05, 0.1) is 12.6 Å². The lowest BCUT2D eigenvalue weighted by Crippen LogP contribution is -2.46. The third-order valence-electron chi connectivity index (χ3n) is 6.58. The van der Waals surface area contributed by atoms with Crippen LogP contribution in [0.15, 0.2) is 30.3 Å². The number of rotatable bonds is 4. The summed E-state index contributed by atoms with van der Waals surface area (Å²) in [6.45, 7) is 7.48. The van der Waals surface area contributed by atoms with Crippen LogP contribution in [0.1, 0.15) is 51.6 Å². The maximum absolute atomic E-state index is 9.76. The van der Waals surface area contributed by atoms with Crippen LogP contribution in [0.2, 0.25) is 0 Å². The number of aliphatic hydroxyl groups is 1. The Kier molecular flexibility index (Phi) is 3.42. The molecule has 110 valence electrons. The Morgan fingerprint density at radius 2 is 1.95 bits per heavy atom. The molecule has 1 aromatic rings. The van der Waals surface area contributed by atoms with E-state index in [2.05, 4.69) is 38.2 Å². The fourth-order valence-electron chi connectivity index (χ4n) is 4.64. The van der Waals surface area contributed by atoms with E-state index >= 15 is 0 Å². The van der Waals surface area contributed by atoms with Gasteiger partial charge in [-0.3, -0.25) is 0 Å². The molecule has 2 fully saturated rings. The van der Waals surface area contributed by atoms with E-state index in [0.29, 0.717) is 16.9 Å². The highest BCUT2D eigenvalue weighted by atomic mass is 16.3. The molecule has 2 saturated carbocycles. The average molecular weight is 273 g/mol. The van der Waals surface area contributed by atoms with Gasteiger partial charge in [0.25, 0.3) is 0 Å². The largest absolute Gasteiger partial charge is 0.394 e. The fourth-order valence-corrected chi connectivity index (χ4v) is 4.64. The molecule has 2 heteroatoms. The minimum atomic E-state index is 0.0631. The second kappa shape index (κ2) is 4.85. The Morgan fingerprint density at radius 1 is 1.25 bits per heavy atom. The molecular formula is C18H27NO. The molecule has 2 aliphatic rings. The van der Waals surface area contributed by atoms with Crippen LogP contribution in [-0.2, 0) is 0 Å². The number of nitrogens with one attached hydrogen (secondary N) is 1. The van der Waals surface area contributed by atoms with Crippen LogP contribution >= 0.6 is 0 Å². The van der Waals surface area contributed by atoms with Crippen molar-refractivity contribution in [1.29, 1.82) is 0 Å². The van der Waals surface area contributed by atoms with Crippen molar-refractivity contribution in [2.75, 3.05) is 6.61 Å². The molecule has 1 aromatic carbocycles. The normalized spacial score (nSPS) is 36.2. The SMILES string of the molecule is CC1(C)[C@@H]2CC[C@@]1(C)[C@H](N[C@@H](CO)c1ccccc1)C2. The predicted octanol–water partition coefficient (Wildman–Crippen LogP) is 3.52. The van der Waals surface area contributed by atoms with Crippen LogP contribution in [-0.4, -0.2) is 17.8 Å². The zero-order chi connectivity index (χ0) is 14.4. The Morgan fingerprint density at radius 3 is 2.45 bits per heavy atom. The summed E-state index contributed by atoms with van der Waals surface area (Å²) in [5, 5.41) is 13.5. The van der Waals surface area contributed by atoms with Gasteiger partial charge in [-0.15, -0.1) is 0 Å². The zero-order valence-electron chi connectivity index (χ0n) is 12.9. The molecule has 0 saturated heterocycles. The van der Waals surface area contributed by atoms with E-state index < -0.39 is 0 Å². The van der Waals surface area contributed by atoms with Crippen LogP contribution in [0.25, 0.3) is 0 Å². The Labute approximate surface area is 122 Å². The molecule has 0 spiro atoms. The van der Waals surface area contributed by atoms with Crippen LogP contribution in [0.5, 0.6) is 0 Å². The maximum Gasteiger partial charge on any atom is 0.0626 e. The number of aliphatic hydroxyl groups excluding tert-OH is 1. The summed E-state index contributed by atoms with van der Waals surface area (Å²) in [6.07, 6.45) is 3.94. The summed E-state index contributed by atoms with van der Waals surface area (Å²) in [5.74, 6) is 0.833. The summed E-state index contributed by atoms with van der Waals surface area (Å²) in [6, 6.07) is 10.9. The van der Waals surface area contributed by atoms with Crippen molar-refractivity contribution in [3.63, 3.8) is 0 Å². The third-order valence-corrected chi connectivity index (χ3v) is 6.58. The number of hydrogen-bond donors (Lipinski definition) is 2. The standard InChI is InChI=1S/C18H27NO/c1-17(2)14-9-10-18(17,3)16(11-14)19-15(12-20)13-7-5-4-6-8-13/h4-8,14-16,19-20H,9-12H2,1-3H3/t14-,15+,16-,18+/m1/s1. The zero-order valence-corrected chi connectivity index (χ0v) is 12.9. The lowest BCUT2D eigenvalue weighted by atomic mass is 9.69. The van der Waals surface area contributed by atoms with Crippen LogP contribution in [0, 0.1) is 16.7 Å². The first-order valence-corrected chi connectivity index (χ1v) is 7.91. The molecule has 2 N–H and O–H groups in total.